The van der Waals surface area contributed by atoms with E-state index in [0.29, 0.717) is 15.5 Å². The van der Waals surface area contributed by atoms with Crippen molar-refractivity contribution in [2.75, 3.05) is 0 Å². The van der Waals surface area contributed by atoms with Gasteiger partial charge in [-0.25, -0.2) is 0 Å². The lowest BCUT2D eigenvalue weighted by Crippen LogP contribution is -2.29. The van der Waals surface area contributed by atoms with Gasteiger partial charge in [-0.1, -0.05) is 29.8 Å². The Kier molecular flexibility index (Phi) is 4.76. The van der Waals surface area contributed by atoms with Gasteiger partial charge in [0.15, 0.2) is 0 Å². The van der Waals surface area contributed by atoms with E-state index in [9.17, 15) is 9.59 Å². The van der Waals surface area contributed by atoms with Gasteiger partial charge in [-0.15, -0.1) is 11.3 Å². The van der Waals surface area contributed by atoms with Gasteiger partial charge in [-0.3, -0.25) is 9.59 Å². The number of amides is 1. The van der Waals surface area contributed by atoms with Gasteiger partial charge in [-0.05, 0) is 29.1 Å². The highest BCUT2D eigenvalue weighted by Gasteiger charge is 2.19. The van der Waals surface area contributed by atoms with Gasteiger partial charge in [0, 0.05) is 5.02 Å². The molecule has 1 aromatic carbocycles. The monoisotopic (exact) mass is 309 g/mol. The van der Waals surface area contributed by atoms with Crippen LogP contribution < -0.4 is 5.32 Å². The number of hydrogen-bond donors (Lipinski definition) is 2. The maximum absolute atomic E-state index is 12.0. The number of thiophene rings is 1. The Bertz CT molecular complexity index is 613. The fourth-order valence-corrected chi connectivity index (χ4v) is 2.61. The smallest absolute Gasteiger partial charge is 0.305 e. The Morgan fingerprint density at radius 3 is 2.70 bits per heavy atom. The normalized spacial score (nSPS) is 11.8. The van der Waals surface area contributed by atoms with Crippen molar-refractivity contribution in [1.82, 2.24) is 5.32 Å². The van der Waals surface area contributed by atoms with Gasteiger partial charge in [0.05, 0.1) is 17.3 Å². The van der Waals surface area contributed by atoms with Crippen LogP contribution in [0.4, 0.5) is 0 Å². The maximum atomic E-state index is 12.0. The number of carbonyl (C=O) groups excluding carboxylic acids is 1. The van der Waals surface area contributed by atoms with E-state index >= 15 is 0 Å². The maximum Gasteiger partial charge on any atom is 0.305 e. The van der Waals surface area contributed by atoms with E-state index in [0.717, 1.165) is 0 Å². The number of nitrogens with one attached hydrogen (secondary N) is 1. The fourth-order valence-electron chi connectivity index (χ4n) is 1.79. The predicted octanol–water partition coefficient (Wildman–Crippen LogP) is 3.35. The van der Waals surface area contributed by atoms with Gasteiger partial charge in [0.2, 0.25) is 0 Å². The van der Waals surface area contributed by atoms with E-state index in [2.05, 4.69) is 5.32 Å². The molecule has 0 radical (unpaired) electrons. The molecule has 1 amide bonds. The van der Waals surface area contributed by atoms with Crippen LogP contribution in [0.2, 0.25) is 5.02 Å². The van der Waals surface area contributed by atoms with Crippen molar-refractivity contribution >= 4 is 34.8 Å². The summed E-state index contributed by atoms with van der Waals surface area (Å²) < 4.78 is 0. The van der Waals surface area contributed by atoms with Crippen LogP contribution in [-0.4, -0.2) is 17.0 Å². The third-order valence-corrected chi connectivity index (χ3v) is 3.78. The molecule has 0 saturated heterocycles. The van der Waals surface area contributed by atoms with Gasteiger partial charge >= 0.3 is 5.97 Å². The second-order valence-electron chi connectivity index (χ2n) is 4.16. The Morgan fingerprint density at radius 2 is 2.10 bits per heavy atom. The number of halogens is 1. The van der Waals surface area contributed by atoms with Crippen LogP contribution in [0.5, 0.6) is 0 Å². The molecule has 0 unspecified atom stereocenters. The first kappa shape index (κ1) is 14.6. The minimum Gasteiger partial charge on any atom is -0.481 e. The summed E-state index contributed by atoms with van der Waals surface area (Å²) >= 11 is 7.21. The zero-order valence-corrected chi connectivity index (χ0v) is 11.9. The number of carboxylic acids is 1. The summed E-state index contributed by atoms with van der Waals surface area (Å²) in [4.78, 5) is 23.5. The number of hydrogen-bond acceptors (Lipinski definition) is 3. The van der Waals surface area contributed by atoms with Crippen molar-refractivity contribution < 1.29 is 14.7 Å². The molecule has 2 aromatic rings. The van der Waals surface area contributed by atoms with Crippen LogP contribution in [0.15, 0.2) is 41.8 Å². The van der Waals surface area contributed by atoms with Gasteiger partial charge in [0.1, 0.15) is 0 Å². The van der Waals surface area contributed by atoms with Crippen LogP contribution in [0.3, 0.4) is 0 Å². The Labute approximate surface area is 125 Å². The van der Waals surface area contributed by atoms with Gasteiger partial charge in [-0.2, -0.15) is 0 Å². The summed E-state index contributed by atoms with van der Waals surface area (Å²) in [6.07, 6.45) is -0.197. The molecule has 1 atom stereocenters. The average molecular weight is 310 g/mol. The lowest BCUT2D eigenvalue weighted by atomic mass is 10.0. The number of carbonyl (C=O) groups is 2. The first-order valence-corrected chi connectivity index (χ1v) is 7.13. The third kappa shape index (κ3) is 3.82. The predicted molar refractivity (Wildman–Crippen MR) is 78.2 cm³/mol. The lowest BCUT2D eigenvalue weighted by molar-refractivity contribution is -0.137. The van der Waals surface area contributed by atoms with Crippen LogP contribution >= 0.6 is 22.9 Å². The molecule has 2 rings (SSSR count). The van der Waals surface area contributed by atoms with Gasteiger partial charge in [0.25, 0.3) is 5.91 Å². The fraction of sp³-hybridized carbons (Fsp3) is 0.143. The first-order valence-electron chi connectivity index (χ1n) is 5.88. The summed E-state index contributed by atoms with van der Waals surface area (Å²) in [5.41, 5.74) is 0.671. The molecule has 0 aliphatic heterocycles. The van der Waals surface area contributed by atoms with Crippen molar-refractivity contribution in [3.63, 3.8) is 0 Å². The molecule has 0 aliphatic carbocycles. The number of rotatable bonds is 5. The third-order valence-electron chi connectivity index (χ3n) is 2.68. The zero-order valence-electron chi connectivity index (χ0n) is 10.4. The molecule has 20 heavy (non-hydrogen) atoms. The van der Waals surface area contributed by atoms with Gasteiger partial charge < -0.3 is 10.4 Å². The Morgan fingerprint density at radius 1 is 1.30 bits per heavy atom. The molecule has 2 N–H and O–H groups in total. The van der Waals surface area contributed by atoms with Crippen molar-refractivity contribution in [3.05, 3.63) is 57.2 Å². The van der Waals surface area contributed by atoms with E-state index in [1.54, 1.807) is 41.8 Å². The van der Waals surface area contributed by atoms with Crippen molar-refractivity contribution in [2.45, 2.75) is 12.5 Å². The van der Waals surface area contributed by atoms with Crippen LogP contribution in [0, 0.1) is 0 Å². The summed E-state index contributed by atoms with van der Waals surface area (Å²) in [5.74, 6) is -1.27. The van der Waals surface area contributed by atoms with Crippen LogP contribution in [0.1, 0.15) is 27.7 Å². The second-order valence-corrected chi connectivity index (χ2v) is 5.54. The number of benzene rings is 1. The highest BCUT2D eigenvalue weighted by Crippen LogP contribution is 2.21. The average Bonchev–Trinajstić information content (AvgIpc) is 2.91. The molecular weight excluding hydrogens is 298 g/mol. The number of carboxylic acid groups (broad SMARTS) is 1. The van der Waals surface area contributed by atoms with Crippen molar-refractivity contribution in [2.24, 2.45) is 0 Å². The van der Waals surface area contributed by atoms with Crippen molar-refractivity contribution in [3.8, 4) is 0 Å². The summed E-state index contributed by atoms with van der Waals surface area (Å²) in [5, 5.41) is 14.0. The molecule has 6 heteroatoms. The first-order chi connectivity index (χ1) is 9.56. The topological polar surface area (TPSA) is 66.4 Å². The molecule has 1 aromatic heterocycles. The summed E-state index contributed by atoms with van der Waals surface area (Å²) in [7, 11) is 0. The highest BCUT2D eigenvalue weighted by atomic mass is 35.5. The molecule has 0 saturated carbocycles. The van der Waals surface area contributed by atoms with E-state index in [1.165, 1.54) is 11.3 Å². The summed E-state index contributed by atoms with van der Waals surface area (Å²) in [6.45, 7) is 0. The molecule has 1 heterocycles. The van der Waals surface area contributed by atoms with E-state index in [4.69, 9.17) is 16.7 Å². The summed E-state index contributed by atoms with van der Waals surface area (Å²) in [6, 6.07) is 9.67. The second kappa shape index (κ2) is 6.54. The molecule has 0 bridgehead atoms. The van der Waals surface area contributed by atoms with E-state index in [1.807, 2.05) is 0 Å². The van der Waals surface area contributed by atoms with E-state index < -0.39 is 12.0 Å². The standard InChI is InChI=1S/C14H12ClNO3S/c15-10-4-1-3-9(7-10)11(8-13(17)18)16-14(19)12-5-2-6-20-12/h1-7,11H,8H2,(H,16,19)(H,17,18)/t11-/m0/s1. The lowest BCUT2D eigenvalue weighted by Gasteiger charge is -2.17. The van der Waals surface area contributed by atoms with E-state index in [-0.39, 0.29) is 12.3 Å². The molecule has 0 spiro atoms. The molecule has 104 valence electrons. The SMILES string of the molecule is O=C(O)C[C@H](NC(=O)c1cccs1)c1cccc(Cl)c1. The Hall–Kier alpha value is -1.85. The largest absolute Gasteiger partial charge is 0.481 e. The minimum absolute atomic E-state index is 0.197. The zero-order chi connectivity index (χ0) is 14.5. The quantitative estimate of drug-likeness (QED) is 0.890. The number of aliphatic carboxylic acids is 1. The van der Waals surface area contributed by atoms with Crippen LogP contribution in [0.25, 0.3) is 0 Å². The van der Waals surface area contributed by atoms with Crippen LogP contribution in [-0.2, 0) is 4.79 Å². The molecule has 0 fully saturated rings. The molecule has 0 aliphatic rings. The van der Waals surface area contributed by atoms with Crippen molar-refractivity contribution in [1.29, 1.82) is 0 Å². The molecule has 4 nitrogen and oxygen atoms in total. The Balaban J connectivity index is 2.20. The highest BCUT2D eigenvalue weighted by molar-refractivity contribution is 7.12. The molecular formula is C14H12ClNO3S. The minimum atomic E-state index is -0.985.